The van der Waals surface area contributed by atoms with Crippen LogP contribution in [-0.2, 0) is 24.9 Å². The van der Waals surface area contributed by atoms with Crippen LogP contribution in [-0.4, -0.2) is 40.9 Å². The molecule has 0 saturated carbocycles. The number of nitrogens with one attached hydrogen (secondary N) is 2. The number of rotatable bonds is 7. The van der Waals surface area contributed by atoms with Gasteiger partial charge in [0.15, 0.2) is 5.96 Å². The first-order valence-electron chi connectivity index (χ1n) is 7.18. The van der Waals surface area contributed by atoms with Crippen molar-refractivity contribution in [2.24, 2.45) is 12.0 Å². The Labute approximate surface area is 153 Å². The molecule has 1 aromatic carbocycles. The van der Waals surface area contributed by atoms with Gasteiger partial charge in [0.25, 0.3) is 0 Å². The number of ether oxygens (including phenoxy) is 1. The maximum Gasteiger partial charge on any atom is 0.191 e. The Balaban J connectivity index is 0.00000264. The fourth-order valence-electron chi connectivity index (χ4n) is 1.87. The van der Waals surface area contributed by atoms with Crippen molar-refractivity contribution in [3.63, 3.8) is 0 Å². The van der Waals surface area contributed by atoms with Crippen LogP contribution < -0.4 is 10.6 Å². The first kappa shape index (κ1) is 19.4. The molecule has 2 N–H and O–H groups in total. The summed E-state index contributed by atoms with van der Waals surface area (Å²) in [5.74, 6) is 1.56. The highest BCUT2D eigenvalue weighted by Gasteiger charge is 2.02. The minimum absolute atomic E-state index is 0. The molecular weight excluding hydrogens is 407 g/mol. The third-order valence-electron chi connectivity index (χ3n) is 3.09. The van der Waals surface area contributed by atoms with Crippen LogP contribution in [0.2, 0.25) is 0 Å². The molecule has 0 aliphatic rings. The maximum absolute atomic E-state index is 5.61. The van der Waals surface area contributed by atoms with Crippen LogP contribution in [0.3, 0.4) is 0 Å². The Morgan fingerprint density at radius 1 is 1.26 bits per heavy atom. The molecule has 7 nitrogen and oxygen atoms in total. The Bertz CT molecular complexity index is 587. The predicted octanol–water partition coefficient (Wildman–Crippen LogP) is 1.31. The van der Waals surface area contributed by atoms with Crippen molar-refractivity contribution in [1.29, 1.82) is 0 Å². The van der Waals surface area contributed by atoms with Crippen LogP contribution in [0.4, 0.5) is 0 Å². The van der Waals surface area contributed by atoms with Crippen LogP contribution in [0.1, 0.15) is 11.4 Å². The third kappa shape index (κ3) is 6.95. The molecule has 0 spiro atoms. The highest BCUT2D eigenvalue weighted by Crippen LogP contribution is 1.99. The first-order valence-corrected chi connectivity index (χ1v) is 7.18. The maximum atomic E-state index is 5.61. The third-order valence-corrected chi connectivity index (χ3v) is 3.09. The van der Waals surface area contributed by atoms with E-state index in [4.69, 9.17) is 4.74 Å². The number of nitrogens with zero attached hydrogens (tertiary/aromatic N) is 4. The van der Waals surface area contributed by atoms with E-state index in [1.165, 1.54) is 11.9 Å². The lowest BCUT2D eigenvalue weighted by atomic mass is 10.2. The smallest absolute Gasteiger partial charge is 0.191 e. The van der Waals surface area contributed by atoms with Crippen molar-refractivity contribution in [2.75, 3.05) is 20.2 Å². The van der Waals surface area contributed by atoms with Gasteiger partial charge in [-0.2, -0.15) is 5.10 Å². The molecule has 8 heteroatoms. The van der Waals surface area contributed by atoms with Crippen molar-refractivity contribution in [1.82, 2.24) is 25.4 Å². The Kier molecular flexibility index (Phi) is 9.22. The zero-order valence-electron chi connectivity index (χ0n) is 13.4. The summed E-state index contributed by atoms with van der Waals surface area (Å²) in [6, 6.07) is 10.1. The van der Waals surface area contributed by atoms with Gasteiger partial charge in [-0.3, -0.25) is 9.67 Å². The van der Waals surface area contributed by atoms with Gasteiger partial charge < -0.3 is 15.4 Å². The van der Waals surface area contributed by atoms with E-state index in [0.29, 0.717) is 32.3 Å². The molecule has 1 heterocycles. The van der Waals surface area contributed by atoms with Gasteiger partial charge in [0.05, 0.1) is 19.8 Å². The number of hydrogen-bond acceptors (Lipinski definition) is 4. The van der Waals surface area contributed by atoms with Gasteiger partial charge in [0.2, 0.25) is 0 Å². The summed E-state index contributed by atoms with van der Waals surface area (Å²) < 4.78 is 7.34. The van der Waals surface area contributed by atoms with Gasteiger partial charge >= 0.3 is 0 Å². The lowest BCUT2D eigenvalue weighted by Gasteiger charge is -2.11. The Hall–Kier alpha value is -1.68. The zero-order chi connectivity index (χ0) is 15.6. The summed E-state index contributed by atoms with van der Waals surface area (Å²) in [5, 5.41) is 10.4. The first-order chi connectivity index (χ1) is 10.8. The fraction of sp³-hybridized carbons (Fsp3) is 0.400. The van der Waals surface area contributed by atoms with Crippen molar-refractivity contribution < 1.29 is 4.74 Å². The van der Waals surface area contributed by atoms with E-state index < -0.39 is 0 Å². The van der Waals surface area contributed by atoms with Gasteiger partial charge in [-0.1, -0.05) is 30.3 Å². The number of hydrogen-bond donors (Lipinski definition) is 2. The highest BCUT2D eigenvalue weighted by molar-refractivity contribution is 14.0. The number of aryl methyl sites for hydroxylation is 1. The second-order valence-corrected chi connectivity index (χ2v) is 4.69. The van der Waals surface area contributed by atoms with Crippen molar-refractivity contribution in [3.05, 3.63) is 48.0 Å². The minimum atomic E-state index is 0. The number of benzene rings is 1. The van der Waals surface area contributed by atoms with E-state index in [0.717, 1.165) is 5.82 Å². The molecule has 0 saturated heterocycles. The van der Waals surface area contributed by atoms with Crippen LogP contribution in [0.15, 0.2) is 41.7 Å². The average molecular weight is 430 g/mol. The predicted molar refractivity (Wildman–Crippen MR) is 101 cm³/mol. The molecule has 0 fully saturated rings. The summed E-state index contributed by atoms with van der Waals surface area (Å²) >= 11 is 0. The van der Waals surface area contributed by atoms with E-state index in [9.17, 15) is 0 Å². The molecule has 2 rings (SSSR count). The summed E-state index contributed by atoms with van der Waals surface area (Å²) in [5.41, 5.74) is 1.17. The van der Waals surface area contributed by atoms with Gasteiger partial charge in [-0.15, -0.1) is 24.0 Å². The molecule has 2 aromatic rings. The molecule has 126 valence electrons. The topological polar surface area (TPSA) is 76.4 Å². The van der Waals surface area contributed by atoms with Gasteiger partial charge in [-0.25, -0.2) is 4.98 Å². The molecule has 0 bridgehead atoms. The minimum Gasteiger partial charge on any atom is -0.375 e. The van der Waals surface area contributed by atoms with E-state index in [1.54, 1.807) is 11.7 Å². The van der Waals surface area contributed by atoms with Crippen LogP contribution in [0, 0.1) is 0 Å². The SMILES string of the molecule is CN=C(NCCOCc1ccccc1)NCc1ncnn1C.I. The molecular formula is C15H23IN6O. The Morgan fingerprint density at radius 2 is 2.04 bits per heavy atom. The molecule has 1 aromatic heterocycles. The summed E-state index contributed by atoms with van der Waals surface area (Å²) in [6.07, 6.45) is 1.53. The Morgan fingerprint density at radius 3 is 2.70 bits per heavy atom. The van der Waals surface area contributed by atoms with E-state index in [2.05, 4.69) is 37.8 Å². The van der Waals surface area contributed by atoms with Gasteiger partial charge in [0.1, 0.15) is 12.2 Å². The van der Waals surface area contributed by atoms with Crippen LogP contribution in [0.25, 0.3) is 0 Å². The lowest BCUT2D eigenvalue weighted by molar-refractivity contribution is 0.125. The molecule has 0 amide bonds. The van der Waals surface area contributed by atoms with Gasteiger partial charge in [-0.05, 0) is 5.56 Å². The molecule has 0 atom stereocenters. The monoisotopic (exact) mass is 430 g/mol. The standard InChI is InChI=1S/C15H22N6O.HI/c1-16-15(18-10-14-19-12-20-21(14)2)17-8-9-22-11-13-6-4-3-5-7-13;/h3-7,12H,8-11H2,1-2H3,(H2,16,17,18);1H. The van der Waals surface area contributed by atoms with Crippen LogP contribution >= 0.6 is 24.0 Å². The molecule has 0 radical (unpaired) electrons. The van der Waals surface area contributed by atoms with E-state index >= 15 is 0 Å². The fourth-order valence-corrected chi connectivity index (χ4v) is 1.87. The van der Waals surface area contributed by atoms with E-state index in [-0.39, 0.29) is 24.0 Å². The number of aliphatic imine (C=N–C) groups is 1. The summed E-state index contributed by atoms with van der Waals surface area (Å²) in [4.78, 5) is 8.30. The van der Waals surface area contributed by atoms with Crippen molar-refractivity contribution in [2.45, 2.75) is 13.2 Å². The van der Waals surface area contributed by atoms with Gasteiger partial charge in [0, 0.05) is 20.6 Å². The molecule has 0 aliphatic heterocycles. The van der Waals surface area contributed by atoms with Crippen molar-refractivity contribution in [3.8, 4) is 0 Å². The number of guanidine groups is 1. The normalized spacial score (nSPS) is 11.0. The largest absolute Gasteiger partial charge is 0.375 e. The summed E-state index contributed by atoms with van der Waals surface area (Å²) in [7, 11) is 3.59. The number of halogens is 1. The average Bonchev–Trinajstić information content (AvgIpc) is 2.96. The quantitative estimate of drug-likeness (QED) is 0.300. The highest BCUT2D eigenvalue weighted by atomic mass is 127. The summed E-state index contributed by atoms with van der Waals surface area (Å²) in [6.45, 7) is 2.49. The second kappa shape index (κ2) is 10.9. The van der Waals surface area contributed by atoms with Crippen LogP contribution in [0.5, 0.6) is 0 Å². The molecule has 0 unspecified atom stereocenters. The van der Waals surface area contributed by atoms with E-state index in [1.807, 2.05) is 25.2 Å². The molecule has 0 aliphatic carbocycles. The van der Waals surface area contributed by atoms with Crippen molar-refractivity contribution >= 4 is 29.9 Å². The molecule has 23 heavy (non-hydrogen) atoms. The second-order valence-electron chi connectivity index (χ2n) is 4.69. The zero-order valence-corrected chi connectivity index (χ0v) is 15.7. The lowest BCUT2D eigenvalue weighted by Crippen LogP contribution is -2.39. The number of aromatic nitrogens is 3.